The molecule has 0 aliphatic carbocycles. The summed E-state index contributed by atoms with van der Waals surface area (Å²) in [6.45, 7) is 7.54. The van der Waals surface area contributed by atoms with Crippen molar-refractivity contribution in [3.05, 3.63) is 29.8 Å². The molecule has 0 radical (unpaired) electrons. The van der Waals surface area contributed by atoms with Gasteiger partial charge in [0.15, 0.2) is 0 Å². The molecule has 1 fully saturated rings. The molecule has 3 rings (SSSR count). The lowest BCUT2D eigenvalue weighted by atomic mass is 9.88. The highest BCUT2D eigenvalue weighted by atomic mass is 16.6. The zero-order chi connectivity index (χ0) is 18.0. The number of likely N-dealkylation sites (tertiary alicyclic amines) is 1. The summed E-state index contributed by atoms with van der Waals surface area (Å²) in [5.74, 6) is 0.363. The molecule has 5 nitrogen and oxygen atoms in total. The lowest BCUT2D eigenvalue weighted by molar-refractivity contribution is 0.0153. The van der Waals surface area contributed by atoms with Crippen molar-refractivity contribution in [3.8, 4) is 6.07 Å². The standard InChI is InChI=1S/C20H27N3O2/c1-20(2,3)25-19(24)22-11-6-8-16(14-22)18-13-15-7-4-5-9-17(15)23(18)12-10-21/h4-5,7,9,16,18H,6,8,11-14H2,1-3H3. The van der Waals surface area contributed by atoms with E-state index in [0.717, 1.165) is 25.8 Å². The smallest absolute Gasteiger partial charge is 0.410 e. The van der Waals surface area contributed by atoms with Crippen molar-refractivity contribution in [2.24, 2.45) is 5.92 Å². The van der Waals surface area contributed by atoms with Crippen LogP contribution in [0.1, 0.15) is 39.2 Å². The van der Waals surface area contributed by atoms with Gasteiger partial charge >= 0.3 is 6.09 Å². The van der Waals surface area contributed by atoms with Crippen LogP contribution in [0.15, 0.2) is 24.3 Å². The number of para-hydroxylation sites is 1. The summed E-state index contributed by atoms with van der Waals surface area (Å²) in [5.41, 5.74) is 2.00. The van der Waals surface area contributed by atoms with Crippen LogP contribution >= 0.6 is 0 Å². The summed E-state index contributed by atoms with van der Waals surface area (Å²) in [6, 6.07) is 10.9. The van der Waals surface area contributed by atoms with Crippen LogP contribution in [0.5, 0.6) is 0 Å². The van der Waals surface area contributed by atoms with Gasteiger partial charge in [-0.2, -0.15) is 5.26 Å². The molecule has 0 saturated carbocycles. The Hall–Kier alpha value is -2.22. The number of nitrogens with zero attached hydrogens (tertiary/aromatic N) is 3. The van der Waals surface area contributed by atoms with Gasteiger partial charge in [-0.3, -0.25) is 0 Å². The van der Waals surface area contributed by atoms with Gasteiger partial charge in [0.25, 0.3) is 0 Å². The van der Waals surface area contributed by atoms with Crippen LogP contribution in [0.25, 0.3) is 0 Å². The second-order valence-electron chi connectivity index (χ2n) is 8.01. The van der Waals surface area contributed by atoms with Crippen LogP contribution < -0.4 is 4.90 Å². The second-order valence-corrected chi connectivity index (χ2v) is 8.01. The molecule has 25 heavy (non-hydrogen) atoms. The van der Waals surface area contributed by atoms with Gasteiger partial charge in [0.1, 0.15) is 12.1 Å². The maximum atomic E-state index is 12.4. The van der Waals surface area contributed by atoms with E-state index >= 15 is 0 Å². The van der Waals surface area contributed by atoms with E-state index in [0.29, 0.717) is 19.0 Å². The molecule has 2 heterocycles. The predicted octanol–water partition coefficient (Wildman–Crippen LogP) is 3.59. The molecule has 2 aliphatic rings. The molecule has 0 aromatic heterocycles. The summed E-state index contributed by atoms with van der Waals surface area (Å²) in [7, 11) is 0. The molecular weight excluding hydrogens is 314 g/mol. The van der Waals surface area contributed by atoms with Crippen LogP contribution in [-0.4, -0.2) is 42.3 Å². The number of fused-ring (bicyclic) bond motifs is 1. The van der Waals surface area contributed by atoms with Crippen LogP contribution in [-0.2, 0) is 11.2 Å². The SMILES string of the molecule is CC(C)(C)OC(=O)N1CCCC(C2Cc3ccccc3N2CC#N)C1. The third-order valence-corrected chi connectivity index (χ3v) is 5.03. The molecule has 0 spiro atoms. The minimum atomic E-state index is -0.472. The van der Waals surface area contributed by atoms with Gasteiger partial charge in [0, 0.05) is 24.8 Å². The Morgan fingerprint density at radius 3 is 2.84 bits per heavy atom. The number of rotatable bonds is 2. The minimum absolute atomic E-state index is 0.223. The third kappa shape index (κ3) is 3.89. The number of carbonyl (C=O) groups excluding carboxylic acids is 1. The van der Waals surface area contributed by atoms with Crippen LogP contribution in [0.4, 0.5) is 10.5 Å². The summed E-state index contributed by atoms with van der Waals surface area (Å²) in [5, 5.41) is 9.26. The maximum absolute atomic E-state index is 12.4. The van der Waals surface area contributed by atoms with E-state index in [9.17, 15) is 10.1 Å². The highest BCUT2D eigenvalue weighted by Crippen LogP contribution is 2.37. The fourth-order valence-corrected chi connectivity index (χ4v) is 3.99. The predicted molar refractivity (Wildman–Crippen MR) is 97.4 cm³/mol. The summed E-state index contributed by atoms with van der Waals surface area (Å²) in [4.78, 5) is 16.5. The van der Waals surface area contributed by atoms with E-state index in [2.05, 4.69) is 29.2 Å². The number of benzene rings is 1. The van der Waals surface area contributed by atoms with Gasteiger partial charge < -0.3 is 14.5 Å². The lowest BCUT2D eigenvalue weighted by Crippen LogP contribution is -2.49. The number of piperidine rings is 1. The van der Waals surface area contributed by atoms with Crippen molar-refractivity contribution in [1.29, 1.82) is 5.26 Å². The number of hydrogen-bond acceptors (Lipinski definition) is 4. The minimum Gasteiger partial charge on any atom is -0.444 e. The topological polar surface area (TPSA) is 56.6 Å². The molecule has 2 aliphatic heterocycles. The first-order chi connectivity index (χ1) is 11.9. The Kier molecular flexibility index (Phi) is 4.89. The maximum Gasteiger partial charge on any atom is 0.410 e. The fraction of sp³-hybridized carbons (Fsp3) is 0.600. The average molecular weight is 341 g/mol. The van der Waals surface area contributed by atoms with Gasteiger partial charge in [-0.05, 0) is 57.6 Å². The molecular formula is C20H27N3O2. The number of amides is 1. The summed E-state index contributed by atoms with van der Waals surface area (Å²) >= 11 is 0. The van der Waals surface area contributed by atoms with Crippen molar-refractivity contribution < 1.29 is 9.53 Å². The molecule has 1 aromatic carbocycles. The van der Waals surface area contributed by atoms with Crippen molar-refractivity contribution in [2.45, 2.75) is 51.7 Å². The molecule has 0 N–H and O–H groups in total. The first kappa shape index (κ1) is 17.6. The second kappa shape index (κ2) is 6.95. The average Bonchev–Trinajstić information content (AvgIpc) is 2.93. The number of nitriles is 1. The third-order valence-electron chi connectivity index (χ3n) is 5.03. The van der Waals surface area contributed by atoms with Gasteiger partial charge in [-0.25, -0.2) is 4.79 Å². The van der Waals surface area contributed by atoms with Crippen molar-refractivity contribution in [3.63, 3.8) is 0 Å². The largest absolute Gasteiger partial charge is 0.444 e. The highest BCUT2D eigenvalue weighted by Gasteiger charge is 2.38. The van der Waals surface area contributed by atoms with E-state index < -0.39 is 5.60 Å². The van der Waals surface area contributed by atoms with E-state index in [4.69, 9.17) is 4.74 Å². The Labute approximate surface area is 150 Å². The Morgan fingerprint density at radius 2 is 2.12 bits per heavy atom. The zero-order valence-electron chi connectivity index (χ0n) is 15.4. The van der Waals surface area contributed by atoms with Gasteiger partial charge in [0.2, 0.25) is 0 Å². The highest BCUT2D eigenvalue weighted by molar-refractivity contribution is 5.68. The van der Waals surface area contributed by atoms with Crippen molar-refractivity contribution in [2.75, 3.05) is 24.5 Å². The van der Waals surface area contributed by atoms with Crippen molar-refractivity contribution >= 4 is 11.8 Å². The number of hydrogen-bond donors (Lipinski definition) is 0. The molecule has 134 valence electrons. The molecule has 2 unspecified atom stereocenters. The molecule has 0 bridgehead atoms. The number of ether oxygens (including phenoxy) is 1. The van der Waals surface area contributed by atoms with Gasteiger partial charge in [-0.15, -0.1) is 0 Å². The van der Waals surface area contributed by atoms with E-state index in [1.807, 2.05) is 31.7 Å². The number of carbonyl (C=O) groups is 1. The molecule has 1 amide bonds. The van der Waals surface area contributed by atoms with E-state index in [-0.39, 0.29) is 12.1 Å². The first-order valence-corrected chi connectivity index (χ1v) is 9.08. The van der Waals surface area contributed by atoms with Gasteiger partial charge in [-0.1, -0.05) is 18.2 Å². The number of anilines is 1. The summed E-state index contributed by atoms with van der Waals surface area (Å²) < 4.78 is 5.55. The van der Waals surface area contributed by atoms with Crippen LogP contribution in [0.3, 0.4) is 0 Å². The quantitative estimate of drug-likeness (QED) is 0.772. The van der Waals surface area contributed by atoms with Gasteiger partial charge in [0.05, 0.1) is 6.07 Å². The monoisotopic (exact) mass is 341 g/mol. The summed E-state index contributed by atoms with van der Waals surface area (Å²) in [6.07, 6.45) is 2.79. The first-order valence-electron chi connectivity index (χ1n) is 9.08. The lowest BCUT2D eigenvalue weighted by Gasteiger charge is -2.39. The molecule has 5 heteroatoms. The van der Waals surface area contributed by atoms with E-state index in [1.54, 1.807) is 0 Å². The van der Waals surface area contributed by atoms with Crippen molar-refractivity contribution in [1.82, 2.24) is 4.90 Å². The Balaban J connectivity index is 1.73. The van der Waals surface area contributed by atoms with E-state index in [1.165, 1.54) is 11.3 Å². The molecule has 2 atom stereocenters. The Bertz CT molecular complexity index is 674. The fourth-order valence-electron chi connectivity index (χ4n) is 3.99. The molecule has 1 aromatic rings. The Morgan fingerprint density at radius 1 is 1.36 bits per heavy atom. The van der Waals surface area contributed by atoms with Crippen LogP contribution in [0, 0.1) is 17.2 Å². The molecule has 1 saturated heterocycles. The normalized spacial score (nSPS) is 23.1. The zero-order valence-corrected chi connectivity index (χ0v) is 15.4. The van der Waals surface area contributed by atoms with Crippen LogP contribution in [0.2, 0.25) is 0 Å².